The number of aryl methyl sites for hydroxylation is 2. The van der Waals surface area contributed by atoms with Gasteiger partial charge < -0.3 is 15.4 Å². The van der Waals surface area contributed by atoms with E-state index in [9.17, 15) is 0 Å². The van der Waals surface area contributed by atoms with Crippen LogP contribution in [0.5, 0.6) is 5.75 Å². The van der Waals surface area contributed by atoms with Crippen molar-refractivity contribution in [2.24, 2.45) is 12.0 Å². The van der Waals surface area contributed by atoms with E-state index in [4.69, 9.17) is 9.73 Å². The van der Waals surface area contributed by atoms with Crippen molar-refractivity contribution in [1.82, 2.24) is 15.1 Å². The summed E-state index contributed by atoms with van der Waals surface area (Å²) in [6.45, 7) is 7.39. The summed E-state index contributed by atoms with van der Waals surface area (Å²) in [6, 6.07) is 16.3. The van der Waals surface area contributed by atoms with Crippen LogP contribution in [0.4, 0.5) is 5.69 Å². The second-order valence-electron chi connectivity index (χ2n) is 7.28. The summed E-state index contributed by atoms with van der Waals surface area (Å²) in [5.41, 5.74) is 4.50. The number of guanidine groups is 1. The first-order valence-corrected chi connectivity index (χ1v) is 9.83. The minimum absolute atomic E-state index is 0.154. The number of nitrogens with one attached hydrogen (secondary N) is 2. The molecule has 0 bridgehead atoms. The Balaban J connectivity index is 1.71. The Labute approximate surface area is 172 Å². The van der Waals surface area contributed by atoms with Crippen molar-refractivity contribution >= 4 is 11.6 Å². The maximum Gasteiger partial charge on any atom is 0.196 e. The Kier molecular flexibility index (Phi) is 6.89. The number of benzene rings is 2. The molecule has 0 fully saturated rings. The summed E-state index contributed by atoms with van der Waals surface area (Å²) in [6.07, 6.45) is 3.96. The Morgan fingerprint density at radius 3 is 2.55 bits per heavy atom. The summed E-state index contributed by atoms with van der Waals surface area (Å²) in [5, 5.41) is 11.0. The summed E-state index contributed by atoms with van der Waals surface area (Å²) in [5.74, 6) is 1.57. The van der Waals surface area contributed by atoms with Crippen molar-refractivity contribution < 1.29 is 4.74 Å². The van der Waals surface area contributed by atoms with Crippen molar-refractivity contribution in [3.63, 3.8) is 0 Å². The van der Waals surface area contributed by atoms with Crippen LogP contribution in [0.15, 0.2) is 65.9 Å². The highest BCUT2D eigenvalue weighted by molar-refractivity contribution is 5.93. The zero-order chi connectivity index (χ0) is 20.6. The molecule has 29 heavy (non-hydrogen) atoms. The van der Waals surface area contributed by atoms with Crippen LogP contribution in [-0.4, -0.2) is 21.8 Å². The lowest BCUT2D eigenvalue weighted by atomic mass is 10.1. The molecular weight excluding hydrogens is 362 g/mol. The van der Waals surface area contributed by atoms with Gasteiger partial charge in [0.25, 0.3) is 0 Å². The van der Waals surface area contributed by atoms with Crippen LogP contribution < -0.4 is 15.4 Å². The Morgan fingerprint density at radius 1 is 1.14 bits per heavy atom. The maximum atomic E-state index is 5.72. The lowest BCUT2D eigenvalue weighted by Crippen LogP contribution is -2.30. The molecule has 0 atom stereocenters. The molecule has 2 N–H and O–H groups in total. The molecule has 3 aromatic rings. The first-order valence-electron chi connectivity index (χ1n) is 9.83. The van der Waals surface area contributed by atoms with Crippen LogP contribution in [-0.2, 0) is 20.1 Å². The predicted molar refractivity (Wildman–Crippen MR) is 118 cm³/mol. The number of aromatic nitrogens is 2. The molecular formula is C23H29N5O. The highest BCUT2D eigenvalue weighted by atomic mass is 16.5. The van der Waals surface area contributed by atoms with Gasteiger partial charge in [-0.1, -0.05) is 24.3 Å². The summed E-state index contributed by atoms with van der Waals surface area (Å²) >= 11 is 0. The van der Waals surface area contributed by atoms with E-state index in [2.05, 4.69) is 46.9 Å². The normalized spacial score (nSPS) is 11.6. The number of aliphatic imine (C=N–C) groups is 1. The van der Waals surface area contributed by atoms with Gasteiger partial charge in [-0.3, -0.25) is 4.68 Å². The van der Waals surface area contributed by atoms with Crippen molar-refractivity contribution in [3.05, 3.63) is 77.6 Å². The van der Waals surface area contributed by atoms with Crippen LogP contribution >= 0.6 is 0 Å². The number of nitrogens with zero attached hydrogens (tertiary/aromatic N) is 3. The molecule has 0 aliphatic heterocycles. The first-order chi connectivity index (χ1) is 14.0. The van der Waals surface area contributed by atoms with Crippen molar-refractivity contribution in [1.29, 1.82) is 0 Å². The SMILES string of the molecule is Cc1ccccc1CNC(=NCc1cnn(C)c1)Nc1ccc(OC(C)C)cc1. The molecule has 0 aliphatic rings. The fourth-order valence-electron chi connectivity index (χ4n) is 2.88. The van der Waals surface area contributed by atoms with Gasteiger partial charge in [0.1, 0.15) is 5.75 Å². The topological polar surface area (TPSA) is 63.5 Å². The van der Waals surface area contributed by atoms with E-state index < -0.39 is 0 Å². The molecule has 0 aliphatic carbocycles. The maximum absolute atomic E-state index is 5.72. The van der Waals surface area contributed by atoms with Gasteiger partial charge in [0.2, 0.25) is 0 Å². The van der Waals surface area contributed by atoms with E-state index in [0.29, 0.717) is 13.1 Å². The molecule has 0 amide bonds. The van der Waals surface area contributed by atoms with Gasteiger partial charge >= 0.3 is 0 Å². The van der Waals surface area contributed by atoms with Gasteiger partial charge in [0.05, 0.1) is 18.8 Å². The van der Waals surface area contributed by atoms with E-state index in [1.807, 2.05) is 57.6 Å². The minimum atomic E-state index is 0.154. The second kappa shape index (κ2) is 9.78. The zero-order valence-corrected chi connectivity index (χ0v) is 17.5. The third kappa shape index (κ3) is 6.38. The molecule has 3 rings (SSSR count). The molecule has 0 radical (unpaired) electrons. The molecule has 1 aromatic heterocycles. The smallest absolute Gasteiger partial charge is 0.196 e. The average molecular weight is 392 g/mol. The lowest BCUT2D eigenvalue weighted by Gasteiger charge is -2.15. The van der Waals surface area contributed by atoms with Crippen LogP contribution in [0.2, 0.25) is 0 Å². The molecule has 6 nitrogen and oxygen atoms in total. The van der Waals surface area contributed by atoms with Crippen LogP contribution in [0.3, 0.4) is 0 Å². The quantitative estimate of drug-likeness (QED) is 0.466. The predicted octanol–water partition coefficient (Wildman–Crippen LogP) is 4.27. The Bertz CT molecular complexity index is 944. The summed E-state index contributed by atoms with van der Waals surface area (Å²) in [7, 11) is 1.91. The van der Waals surface area contributed by atoms with Gasteiger partial charge in [-0.05, 0) is 56.2 Å². The van der Waals surface area contributed by atoms with Crippen molar-refractivity contribution in [3.8, 4) is 5.75 Å². The number of hydrogen-bond donors (Lipinski definition) is 2. The van der Waals surface area contributed by atoms with Gasteiger partial charge in [-0.25, -0.2) is 4.99 Å². The monoisotopic (exact) mass is 391 g/mol. The number of ether oxygens (including phenoxy) is 1. The lowest BCUT2D eigenvalue weighted by molar-refractivity contribution is 0.242. The number of hydrogen-bond acceptors (Lipinski definition) is 3. The van der Waals surface area contributed by atoms with E-state index in [0.717, 1.165) is 23.0 Å². The van der Waals surface area contributed by atoms with Crippen molar-refractivity contribution in [2.75, 3.05) is 5.32 Å². The van der Waals surface area contributed by atoms with Crippen LogP contribution in [0.25, 0.3) is 0 Å². The molecule has 6 heteroatoms. The van der Waals surface area contributed by atoms with E-state index >= 15 is 0 Å². The van der Waals surface area contributed by atoms with Gasteiger partial charge in [-0.15, -0.1) is 0 Å². The van der Waals surface area contributed by atoms with E-state index in [1.54, 1.807) is 4.68 Å². The third-order valence-corrected chi connectivity index (χ3v) is 4.37. The molecule has 0 saturated carbocycles. The summed E-state index contributed by atoms with van der Waals surface area (Å²) < 4.78 is 7.50. The standard InChI is InChI=1S/C23H29N5O/c1-17(2)29-22-11-9-21(10-12-22)27-23(24-13-19-14-26-28(4)16-19)25-15-20-8-6-5-7-18(20)3/h5-12,14,16-17H,13,15H2,1-4H3,(H2,24,25,27). The molecule has 0 spiro atoms. The van der Waals surface area contributed by atoms with Gasteiger partial charge in [0.15, 0.2) is 5.96 Å². The average Bonchev–Trinajstić information content (AvgIpc) is 3.11. The highest BCUT2D eigenvalue weighted by Gasteiger charge is 2.05. The van der Waals surface area contributed by atoms with Crippen molar-refractivity contribution in [2.45, 2.75) is 40.0 Å². The fraction of sp³-hybridized carbons (Fsp3) is 0.304. The summed E-state index contributed by atoms with van der Waals surface area (Å²) in [4.78, 5) is 4.73. The highest BCUT2D eigenvalue weighted by Crippen LogP contribution is 2.17. The van der Waals surface area contributed by atoms with Crippen LogP contribution in [0.1, 0.15) is 30.5 Å². The second-order valence-corrected chi connectivity index (χ2v) is 7.28. The molecule has 2 aromatic carbocycles. The van der Waals surface area contributed by atoms with Crippen LogP contribution in [0, 0.1) is 6.92 Å². The number of anilines is 1. The minimum Gasteiger partial charge on any atom is -0.491 e. The molecule has 0 saturated heterocycles. The van der Waals surface area contributed by atoms with E-state index in [-0.39, 0.29) is 6.10 Å². The zero-order valence-electron chi connectivity index (χ0n) is 17.5. The molecule has 152 valence electrons. The van der Waals surface area contributed by atoms with Gasteiger partial charge in [0, 0.05) is 31.0 Å². The number of rotatable bonds is 7. The van der Waals surface area contributed by atoms with Gasteiger partial charge in [-0.2, -0.15) is 5.10 Å². The Hall–Kier alpha value is -3.28. The molecule has 1 heterocycles. The first kappa shape index (κ1) is 20.5. The molecule has 0 unspecified atom stereocenters. The Morgan fingerprint density at radius 2 is 1.90 bits per heavy atom. The fourth-order valence-corrected chi connectivity index (χ4v) is 2.88. The largest absolute Gasteiger partial charge is 0.491 e. The third-order valence-electron chi connectivity index (χ3n) is 4.37. The van der Waals surface area contributed by atoms with E-state index in [1.165, 1.54) is 11.1 Å².